The van der Waals surface area contributed by atoms with Gasteiger partial charge in [0.1, 0.15) is 5.82 Å². The predicted molar refractivity (Wildman–Crippen MR) is 69.2 cm³/mol. The van der Waals surface area contributed by atoms with Gasteiger partial charge in [0.2, 0.25) is 0 Å². The van der Waals surface area contributed by atoms with Gasteiger partial charge in [-0.25, -0.2) is 4.39 Å². The number of fused-ring (bicyclic) bond motifs is 2. The molecule has 0 aliphatic carbocycles. The molecule has 2 bridgehead atoms. The molecule has 18 heavy (non-hydrogen) atoms. The van der Waals surface area contributed by atoms with Crippen LogP contribution >= 0.6 is 11.6 Å². The van der Waals surface area contributed by atoms with E-state index in [1.807, 2.05) is 0 Å². The third-order valence-corrected chi connectivity index (χ3v) is 4.39. The molecule has 0 radical (unpaired) electrons. The third-order valence-electron chi connectivity index (χ3n) is 4.10. The van der Waals surface area contributed by atoms with Crippen molar-refractivity contribution >= 4 is 11.6 Å². The first kappa shape index (κ1) is 12.4. The van der Waals surface area contributed by atoms with E-state index in [0.29, 0.717) is 18.5 Å². The van der Waals surface area contributed by atoms with Crippen molar-refractivity contribution in [3.63, 3.8) is 0 Å². The van der Waals surface area contributed by atoms with Crippen LogP contribution in [0.2, 0.25) is 5.02 Å². The van der Waals surface area contributed by atoms with Gasteiger partial charge in [-0.15, -0.1) is 0 Å². The van der Waals surface area contributed by atoms with Crippen LogP contribution in [0.15, 0.2) is 18.2 Å². The lowest BCUT2D eigenvalue weighted by Crippen LogP contribution is -2.49. The Hall–Kier alpha value is -0.640. The van der Waals surface area contributed by atoms with Gasteiger partial charge in [0.15, 0.2) is 0 Å². The molecule has 2 N–H and O–H groups in total. The van der Waals surface area contributed by atoms with Crippen LogP contribution in [0.25, 0.3) is 0 Å². The molecule has 2 nitrogen and oxygen atoms in total. The molecular weight excluding hydrogens is 253 g/mol. The van der Waals surface area contributed by atoms with Crippen molar-refractivity contribution < 1.29 is 9.50 Å². The van der Waals surface area contributed by atoms with Crippen LogP contribution < -0.4 is 5.32 Å². The molecule has 98 valence electrons. The molecule has 2 heterocycles. The Kier molecular flexibility index (Phi) is 3.08. The van der Waals surface area contributed by atoms with E-state index < -0.39 is 11.4 Å². The molecule has 1 aromatic carbocycles. The highest BCUT2D eigenvalue weighted by atomic mass is 35.5. The fourth-order valence-electron chi connectivity index (χ4n) is 3.40. The highest BCUT2D eigenvalue weighted by molar-refractivity contribution is 6.30. The molecule has 3 rings (SSSR count). The number of piperidine rings is 1. The zero-order valence-corrected chi connectivity index (χ0v) is 10.9. The number of nitrogens with one attached hydrogen (secondary N) is 1. The van der Waals surface area contributed by atoms with Gasteiger partial charge in [0, 0.05) is 18.5 Å². The molecule has 2 unspecified atom stereocenters. The monoisotopic (exact) mass is 269 g/mol. The lowest BCUT2D eigenvalue weighted by Gasteiger charge is -2.37. The van der Waals surface area contributed by atoms with Crippen molar-refractivity contribution in [1.29, 1.82) is 0 Å². The molecule has 2 saturated heterocycles. The summed E-state index contributed by atoms with van der Waals surface area (Å²) in [4.78, 5) is 0. The van der Waals surface area contributed by atoms with Gasteiger partial charge in [0.05, 0.1) is 10.6 Å². The summed E-state index contributed by atoms with van der Waals surface area (Å²) < 4.78 is 13.1. The molecule has 1 aromatic rings. The largest absolute Gasteiger partial charge is 0.389 e. The number of hydrogen-bond acceptors (Lipinski definition) is 2. The molecule has 4 heteroatoms. The molecule has 2 aliphatic rings. The highest BCUT2D eigenvalue weighted by Crippen LogP contribution is 2.36. The van der Waals surface area contributed by atoms with Crippen molar-refractivity contribution in [1.82, 2.24) is 5.32 Å². The van der Waals surface area contributed by atoms with E-state index in [9.17, 15) is 9.50 Å². The number of hydrogen-bond donors (Lipinski definition) is 2. The fraction of sp³-hybridized carbons (Fsp3) is 0.571. The second-order valence-corrected chi connectivity index (χ2v) is 6.10. The average molecular weight is 270 g/mol. The van der Waals surface area contributed by atoms with Gasteiger partial charge < -0.3 is 10.4 Å². The van der Waals surface area contributed by atoms with E-state index in [2.05, 4.69) is 5.32 Å². The molecule has 2 fully saturated rings. The maximum absolute atomic E-state index is 13.1. The van der Waals surface area contributed by atoms with Crippen LogP contribution in [-0.4, -0.2) is 22.8 Å². The molecule has 0 amide bonds. The Balaban J connectivity index is 1.77. The second kappa shape index (κ2) is 4.48. The van der Waals surface area contributed by atoms with E-state index in [1.54, 1.807) is 12.1 Å². The van der Waals surface area contributed by atoms with E-state index in [0.717, 1.165) is 31.2 Å². The number of benzene rings is 1. The normalized spacial score (nSPS) is 34.8. The summed E-state index contributed by atoms with van der Waals surface area (Å²) in [5.41, 5.74) is 0.239. The highest BCUT2D eigenvalue weighted by Gasteiger charge is 2.42. The van der Waals surface area contributed by atoms with E-state index in [1.165, 1.54) is 6.07 Å². The van der Waals surface area contributed by atoms with Gasteiger partial charge in [0.25, 0.3) is 0 Å². The molecule has 2 atom stereocenters. The maximum Gasteiger partial charge on any atom is 0.141 e. The van der Waals surface area contributed by atoms with Crippen molar-refractivity contribution in [3.05, 3.63) is 34.6 Å². The van der Waals surface area contributed by atoms with Crippen LogP contribution in [0.4, 0.5) is 4.39 Å². The number of halogens is 2. The van der Waals surface area contributed by atoms with E-state index in [-0.39, 0.29) is 5.02 Å². The fourth-order valence-corrected chi connectivity index (χ4v) is 3.60. The third kappa shape index (κ3) is 2.40. The van der Waals surface area contributed by atoms with E-state index in [4.69, 9.17) is 11.6 Å². The summed E-state index contributed by atoms with van der Waals surface area (Å²) in [5.74, 6) is -0.405. The van der Waals surface area contributed by atoms with E-state index >= 15 is 0 Å². The summed E-state index contributed by atoms with van der Waals surface area (Å²) in [6.45, 7) is 0. The summed E-state index contributed by atoms with van der Waals surface area (Å²) in [6, 6.07) is 5.58. The first-order valence-corrected chi connectivity index (χ1v) is 6.84. The zero-order valence-electron chi connectivity index (χ0n) is 10.1. The van der Waals surface area contributed by atoms with Crippen LogP contribution in [0.1, 0.15) is 31.2 Å². The first-order valence-electron chi connectivity index (χ1n) is 6.46. The smallest absolute Gasteiger partial charge is 0.141 e. The van der Waals surface area contributed by atoms with Gasteiger partial charge >= 0.3 is 0 Å². The van der Waals surface area contributed by atoms with Crippen LogP contribution in [0, 0.1) is 5.82 Å². The Morgan fingerprint density at radius 1 is 1.33 bits per heavy atom. The Morgan fingerprint density at radius 2 is 2.00 bits per heavy atom. The van der Waals surface area contributed by atoms with Gasteiger partial charge in [-0.1, -0.05) is 17.7 Å². The Morgan fingerprint density at radius 3 is 2.61 bits per heavy atom. The molecule has 0 saturated carbocycles. The molecule has 0 spiro atoms. The SMILES string of the molecule is OC1(Cc2ccc(F)c(Cl)c2)CC2CCC(C1)N2. The number of aliphatic hydroxyl groups is 1. The van der Waals surface area contributed by atoms with Gasteiger partial charge in [-0.3, -0.25) is 0 Å². The minimum Gasteiger partial charge on any atom is -0.389 e. The van der Waals surface area contributed by atoms with Crippen LogP contribution in [0.5, 0.6) is 0 Å². The standard InChI is InChI=1S/C14H17ClFNO/c15-12-5-9(1-4-13(12)16)6-14(18)7-10-2-3-11(8-14)17-10/h1,4-5,10-11,17-18H,2-3,6-8H2. The molecule has 2 aliphatic heterocycles. The van der Waals surface area contributed by atoms with Crippen LogP contribution in [-0.2, 0) is 6.42 Å². The van der Waals surface area contributed by atoms with Crippen molar-refractivity contribution in [2.75, 3.05) is 0 Å². The minimum atomic E-state index is -0.668. The molecular formula is C14H17ClFNO. The van der Waals surface area contributed by atoms with Crippen molar-refractivity contribution in [2.45, 2.75) is 49.8 Å². The van der Waals surface area contributed by atoms with Crippen LogP contribution in [0.3, 0.4) is 0 Å². The zero-order chi connectivity index (χ0) is 12.8. The van der Waals surface area contributed by atoms with Gasteiger partial charge in [-0.2, -0.15) is 0 Å². The lowest BCUT2D eigenvalue weighted by molar-refractivity contribution is -0.00609. The maximum atomic E-state index is 13.1. The lowest BCUT2D eigenvalue weighted by atomic mass is 9.82. The first-order chi connectivity index (χ1) is 8.54. The predicted octanol–water partition coefficient (Wildman–Crippen LogP) is 2.67. The summed E-state index contributed by atoms with van der Waals surface area (Å²) in [7, 11) is 0. The van der Waals surface area contributed by atoms with Crippen molar-refractivity contribution in [2.24, 2.45) is 0 Å². The number of rotatable bonds is 2. The molecule has 0 aromatic heterocycles. The van der Waals surface area contributed by atoms with Crippen molar-refractivity contribution in [3.8, 4) is 0 Å². The minimum absolute atomic E-state index is 0.132. The average Bonchev–Trinajstić information content (AvgIpc) is 2.64. The summed E-state index contributed by atoms with van der Waals surface area (Å²) >= 11 is 5.78. The van der Waals surface area contributed by atoms with Gasteiger partial charge in [-0.05, 0) is 43.4 Å². The summed E-state index contributed by atoms with van der Waals surface area (Å²) in [5, 5.41) is 14.3. The Labute approximate surface area is 111 Å². The Bertz CT molecular complexity index is 453. The topological polar surface area (TPSA) is 32.3 Å². The second-order valence-electron chi connectivity index (χ2n) is 5.70. The summed E-state index contributed by atoms with van der Waals surface area (Å²) in [6.07, 6.45) is 4.41. The quantitative estimate of drug-likeness (QED) is 0.865.